The number of ether oxygens (including phenoxy) is 1. The second-order valence-corrected chi connectivity index (χ2v) is 7.47. The lowest BCUT2D eigenvalue weighted by molar-refractivity contribution is 0.0342. The Labute approximate surface area is 160 Å². The third-order valence-corrected chi connectivity index (χ3v) is 5.37. The maximum absolute atomic E-state index is 5.44. The van der Waals surface area contributed by atoms with E-state index >= 15 is 0 Å². The van der Waals surface area contributed by atoms with Crippen LogP contribution in [0, 0.1) is 5.92 Å². The molecule has 1 aromatic carbocycles. The molecule has 2 aromatic rings. The summed E-state index contributed by atoms with van der Waals surface area (Å²) in [6, 6.07) is 10.9. The Morgan fingerprint density at radius 3 is 2.70 bits per heavy atom. The van der Waals surface area contributed by atoms with Gasteiger partial charge in [-0.05, 0) is 34.4 Å². The van der Waals surface area contributed by atoms with Gasteiger partial charge in [-0.25, -0.2) is 0 Å². The summed E-state index contributed by atoms with van der Waals surface area (Å²) in [5.41, 5.74) is 4.07. The van der Waals surface area contributed by atoms with Gasteiger partial charge in [-0.2, -0.15) is 5.11 Å². The van der Waals surface area contributed by atoms with Crippen LogP contribution in [-0.4, -0.2) is 42.4 Å². The zero-order chi connectivity index (χ0) is 18.7. The number of nitrogens with zero attached hydrogens (tertiary/aromatic N) is 5. The van der Waals surface area contributed by atoms with Crippen molar-refractivity contribution in [2.45, 2.75) is 25.9 Å². The van der Waals surface area contributed by atoms with Crippen LogP contribution in [0.1, 0.15) is 25.0 Å². The van der Waals surface area contributed by atoms with Crippen molar-refractivity contribution in [3.8, 4) is 11.1 Å². The van der Waals surface area contributed by atoms with E-state index in [1.807, 2.05) is 18.6 Å². The predicted molar refractivity (Wildman–Crippen MR) is 106 cm³/mol. The largest absolute Gasteiger partial charge is 0.379 e. The van der Waals surface area contributed by atoms with Gasteiger partial charge in [0.25, 0.3) is 0 Å². The average Bonchev–Trinajstić information content (AvgIpc) is 3.21. The van der Waals surface area contributed by atoms with Gasteiger partial charge in [0.1, 0.15) is 5.54 Å². The lowest BCUT2D eigenvalue weighted by atomic mass is 9.82. The molecule has 4 rings (SSSR count). The van der Waals surface area contributed by atoms with Gasteiger partial charge in [-0.3, -0.25) is 9.88 Å². The van der Waals surface area contributed by atoms with Crippen molar-refractivity contribution in [1.29, 1.82) is 0 Å². The van der Waals surface area contributed by atoms with Crippen LogP contribution in [0.3, 0.4) is 0 Å². The standard InChI is InChI=1S/C21H25N5O/c1-16(2)21(15-23-25-24-21)20-11-19(12-22-13-20)18-5-3-4-17(10-18)14-26-6-8-27-9-7-26/h3-5,10-13,15-16H,6-9,14H2,1-2H3. The summed E-state index contributed by atoms with van der Waals surface area (Å²) in [5.74, 6) is 0.247. The molecular formula is C21H25N5O. The summed E-state index contributed by atoms with van der Waals surface area (Å²) >= 11 is 0. The Morgan fingerprint density at radius 2 is 1.96 bits per heavy atom. The Kier molecular flexibility index (Phi) is 5.09. The van der Waals surface area contributed by atoms with Crippen LogP contribution in [0.25, 0.3) is 11.1 Å². The molecule has 6 heteroatoms. The zero-order valence-corrected chi connectivity index (χ0v) is 15.9. The van der Waals surface area contributed by atoms with E-state index in [9.17, 15) is 0 Å². The number of aromatic nitrogens is 1. The number of rotatable bonds is 5. The molecule has 1 unspecified atom stereocenters. The fourth-order valence-electron chi connectivity index (χ4n) is 3.65. The van der Waals surface area contributed by atoms with Gasteiger partial charge in [0.2, 0.25) is 0 Å². The number of benzene rings is 1. The fourth-order valence-corrected chi connectivity index (χ4v) is 3.65. The summed E-state index contributed by atoms with van der Waals surface area (Å²) in [6.07, 6.45) is 5.61. The smallest absolute Gasteiger partial charge is 0.149 e. The Hall–Kier alpha value is -2.44. The molecule has 0 N–H and O–H groups in total. The average molecular weight is 363 g/mol. The van der Waals surface area contributed by atoms with Crippen molar-refractivity contribution >= 4 is 6.21 Å². The molecule has 1 aromatic heterocycles. The molecule has 2 aliphatic heterocycles. The van der Waals surface area contributed by atoms with E-state index in [0.717, 1.165) is 44.0 Å². The summed E-state index contributed by atoms with van der Waals surface area (Å²) in [5, 5.41) is 12.3. The van der Waals surface area contributed by atoms with Crippen LogP contribution >= 0.6 is 0 Å². The fraction of sp³-hybridized carbons (Fsp3) is 0.429. The quantitative estimate of drug-likeness (QED) is 0.810. The molecule has 2 aliphatic rings. The molecular weight excluding hydrogens is 338 g/mol. The van der Waals surface area contributed by atoms with Crippen LogP contribution < -0.4 is 0 Å². The van der Waals surface area contributed by atoms with E-state index in [1.165, 1.54) is 11.1 Å². The highest BCUT2D eigenvalue weighted by molar-refractivity contribution is 5.76. The van der Waals surface area contributed by atoms with Crippen molar-refractivity contribution in [2.75, 3.05) is 26.3 Å². The minimum atomic E-state index is -0.519. The van der Waals surface area contributed by atoms with Crippen molar-refractivity contribution in [2.24, 2.45) is 21.4 Å². The third-order valence-electron chi connectivity index (χ3n) is 5.37. The summed E-state index contributed by atoms with van der Waals surface area (Å²) in [6.45, 7) is 8.82. The van der Waals surface area contributed by atoms with Gasteiger partial charge in [-0.1, -0.05) is 32.0 Å². The number of morpholine rings is 1. The maximum Gasteiger partial charge on any atom is 0.149 e. The Balaban J connectivity index is 1.61. The SMILES string of the molecule is CC(C)C1(c2cncc(-c3cccc(CN4CCOCC4)c3)c2)C=NN=N1. The molecule has 1 atom stereocenters. The molecule has 3 heterocycles. The molecule has 1 saturated heterocycles. The minimum Gasteiger partial charge on any atom is -0.379 e. The molecule has 27 heavy (non-hydrogen) atoms. The zero-order valence-electron chi connectivity index (χ0n) is 15.9. The molecule has 0 saturated carbocycles. The summed E-state index contributed by atoms with van der Waals surface area (Å²) in [4.78, 5) is 6.92. The number of pyridine rings is 1. The van der Waals surface area contributed by atoms with E-state index < -0.39 is 5.54 Å². The van der Waals surface area contributed by atoms with E-state index in [1.54, 1.807) is 0 Å². The predicted octanol–water partition coefficient (Wildman–Crippen LogP) is 3.88. The Bertz CT molecular complexity index is 843. The minimum absolute atomic E-state index is 0.247. The maximum atomic E-state index is 5.44. The highest BCUT2D eigenvalue weighted by Gasteiger charge is 2.37. The Morgan fingerprint density at radius 1 is 1.11 bits per heavy atom. The number of hydrogen-bond donors (Lipinski definition) is 0. The van der Waals surface area contributed by atoms with Gasteiger partial charge in [-0.15, -0.1) is 5.10 Å². The van der Waals surface area contributed by atoms with Crippen molar-refractivity contribution in [3.63, 3.8) is 0 Å². The van der Waals surface area contributed by atoms with Gasteiger partial charge < -0.3 is 4.74 Å². The first-order valence-corrected chi connectivity index (χ1v) is 9.49. The van der Waals surface area contributed by atoms with Crippen molar-refractivity contribution in [1.82, 2.24) is 9.88 Å². The first kappa shape index (κ1) is 17.9. The van der Waals surface area contributed by atoms with E-state index in [0.29, 0.717) is 0 Å². The van der Waals surface area contributed by atoms with Crippen LogP contribution in [0.4, 0.5) is 0 Å². The second-order valence-electron chi connectivity index (χ2n) is 7.47. The molecule has 0 aliphatic carbocycles. The molecule has 0 spiro atoms. The van der Waals surface area contributed by atoms with Gasteiger partial charge >= 0.3 is 0 Å². The third kappa shape index (κ3) is 3.68. The van der Waals surface area contributed by atoms with E-state index in [-0.39, 0.29) is 5.92 Å². The summed E-state index contributed by atoms with van der Waals surface area (Å²) < 4.78 is 5.44. The molecule has 6 nitrogen and oxygen atoms in total. The van der Waals surface area contributed by atoms with Gasteiger partial charge in [0.05, 0.1) is 19.4 Å². The highest BCUT2D eigenvalue weighted by Crippen LogP contribution is 2.36. The topological polar surface area (TPSA) is 62.4 Å². The molecule has 0 radical (unpaired) electrons. The number of hydrogen-bond acceptors (Lipinski definition) is 6. The molecule has 140 valence electrons. The first-order chi connectivity index (χ1) is 13.2. The molecule has 0 amide bonds. The normalized spacial score (nSPS) is 22.6. The van der Waals surface area contributed by atoms with E-state index in [4.69, 9.17) is 4.74 Å². The first-order valence-electron chi connectivity index (χ1n) is 9.49. The van der Waals surface area contributed by atoms with Crippen LogP contribution in [0.15, 0.2) is 58.2 Å². The molecule has 0 bridgehead atoms. The lowest BCUT2D eigenvalue weighted by Gasteiger charge is -2.27. The van der Waals surface area contributed by atoms with Crippen molar-refractivity contribution < 1.29 is 4.74 Å². The monoisotopic (exact) mass is 363 g/mol. The van der Waals surface area contributed by atoms with Crippen molar-refractivity contribution in [3.05, 3.63) is 53.9 Å². The lowest BCUT2D eigenvalue weighted by Crippen LogP contribution is -2.35. The second kappa shape index (κ2) is 7.66. The van der Waals surface area contributed by atoms with Crippen LogP contribution in [0.2, 0.25) is 0 Å². The van der Waals surface area contributed by atoms with Gasteiger partial charge in [0.15, 0.2) is 0 Å². The van der Waals surface area contributed by atoms with Crippen LogP contribution in [0.5, 0.6) is 0 Å². The highest BCUT2D eigenvalue weighted by atomic mass is 16.5. The summed E-state index contributed by atoms with van der Waals surface area (Å²) in [7, 11) is 0. The van der Waals surface area contributed by atoms with E-state index in [2.05, 4.69) is 69.5 Å². The van der Waals surface area contributed by atoms with Crippen LogP contribution in [-0.2, 0) is 16.8 Å². The molecule has 1 fully saturated rings. The van der Waals surface area contributed by atoms with Gasteiger partial charge in [0, 0.05) is 43.2 Å².